The maximum absolute atomic E-state index is 13.1. The number of benzene rings is 2. The van der Waals surface area contributed by atoms with Crippen molar-refractivity contribution in [2.45, 2.75) is 57.9 Å². The van der Waals surface area contributed by atoms with Gasteiger partial charge in [-0.25, -0.2) is 8.93 Å². The molecule has 2 aromatic carbocycles. The summed E-state index contributed by atoms with van der Waals surface area (Å²) in [5, 5.41) is 0. The third-order valence-corrected chi connectivity index (χ3v) is 7.43. The number of ether oxygens (including phenoxy) is 1. The molecule has 2 atom stereocenters. The molecule has 0 bridgehead atoms. The number of rotatable bonds is 14. The lowest BCUT2D eigenvalue weighted by Gasteiger charge is -2.23. The van der Waals surface area contributed by atoms with Crippen LogP contribution in [0.15, 0.2) is 41.3 Å². The molecule has 188 valence electrons. The van der Waals surface area contributed by atoms with Crippen molar-refractivity contribution in [3.8, 4) is 0 Å². The molecule has 0 aliphatic rings. The second-order valence-corrected chi connectivity index (χ2v) is 10.3. The summed E-state index contributed by atoms with van der Waals surface area (Å²) in [5.74, 6) is 0.722. The largest absolute Gasteiger partial charge is 0.465 e. The highest BCUT2D eigenvalue weighted by Crippen LogP contribution is 2.21. The highest BCUT2D eigenvalue weighted by molar-refractivity contribution is 7.83. The predicted octanol–water partition coefficient (Wildman–Crippen LogP) is 5.46. The van der Waals surface area contributed by atoms with Crippen molar-refractivity contribution in [3.05, 3.63) is 58.7 Å². The number of hydrogen-bond acceptors (Lipinski definition) is 4. The maximum atomic E-state index is 13.1. The first kappa shape index (κ1) is 28.6. The van der Waals surface area contributed by atoms with Gasteiger partial charge in [0.05, 0.1) is 11.5 Å². The fourth-order valence-corrected chi connectivity index (χ4v) is 5.77. The average molecular weight is 528 g/mol. The molecule has 2 aromatic rings. The van der Waals surface area contributed by atoms with Crippen molar-refractivity contribution in [1.82, 2.24) is 4.72 Å². The molecule has 0 saturated carbocycles. The number of nitrogens with one attached hydrogen (secondary N) is 1. The Bertz CT molecular complexity index is 925. The molecule has 8 heteroatoms. The third kappa shape index (κ3) is 8.56. The van der Waals surface area contributed by atoms with Crippen LogP contribution in [0, 0.1) is 20.8 Å². The number of halogens is 2. The Morgan fingerprint density at radius 2 is 1.65 bits per heavy atom. The first-order valence-electron chi connectivity index (χ1n) is 11.7. The molecule has 0 fully saturated rings. The van der Waals surface area contributed by atoms with E-state index in [0.29, 0.717) is 18.2 Å². The van der Waals surface area contributed by atoms with Crippen molar-refractivity contribution in [2.75, 3.05) is 36.4 Å². The van der Waals surface area contributed by atoms with Crippen LogP contribution in [-0.2, 0) is 26.9 Å². The molecule has 1 N–H and O–H groups in total. The quantitative estimate of drug-likeness (QED) is 0.262. The molecular formula is C26H36Cl2N2O3S. The number of nitrogens with zero attached hydrogens (tertiary/aromatic N) is 1. The molecule has 34 heavy (non-hydrogen) atoms. The lowest BCUT2D eigenvalue weighted by molar-refractivity contribution is -0.145. The van der Waals surface area contributed by atoms with E-state index in [1.165, 1.54) is 5.56 Å². The van der Waals surface area contributed by atoms with Crippen molar-refractivity contribution >= 4 is 45.8 Å². The van der Waals surface area contributed by atoms with Gasteiger partial charge in [-0.1, -0.05) is 29.8 Å². The Morgan fingerprint density at radius 1 is 1.06 bits per heavy atom. The van der Waals surface area contributed by atoms with Gasteiger partial charge in [0.15, 0.2) is 0 Å². The normalized spacial score (nSPS) is 12.9. The zero-order valence-electron chi connectivity index (χ0n) is 20.5. The van der Waals surface area contributed by atoms with Gasteiger partial charge in [0, 0.05) is 30.5 Å². The Balaban J connectivity index is 2.03. The number of aryl methyl sites for hydroxylation is 4. The highest BCUT2D eigenvalue weighted by atomic mass is 35.5. The van der Waals surface area contributed by atoms with Crippen LogP contribution < -0.4 is 9.62 Å². The van der Waals surface area contributed by atoms with Gasteiger partial charge >= 0.3 is 5.97 Å². The number of carbonyl (C=O) groups is 1. The summed E-state index contributed by atoms with van der Waals surface area (Å²) in [7, 11) is -1.51. The molecule has 0 amide bonds. The lowest BCUT2D eigenvalue weighted by atomic mass is 10.0. The number of esters is 1. The molecule has 0 spiro atoms. The van der Waals surface area contributed by atoms with E-state index in [0.717, 1.165) is 53.2 Å². The van der Waals surface area contributed by atoms with Gasteiger partial charge < -0.3 is 9.64 Å². The van der Waals surface area contributed by atoms with E-state index in [1.54, 1.807) is 6.92 Å². The van der Waals surface area contributed by atoms with Gasteiger partial charge in [-0.2, -0.15) is 0 Å². The first-order chi connectivity index (χ1) is 16.3. The van der Waals surface area contributed by atoms with Gasteiger partial charge in [0.25, 0.3) is 0 Å². The third-order valence-electron chi connectivity index (χ3n) is 5.58. The van der Waals surface area contributed by atoms with E-state index < -0.39 is 17.0 Å². The minimum Gasteiger partial charge on any atom is -0.465 e. The second-order valence-electron chi connectivity index (χ2n) is 8.34. The summed E-state index contributed by atoms with van der Waals surface area (Å²) in [5.41, 5.74) is 5.29. The van der Waals surface area contributed by atoms with Crippen LogP contribution in [0.5, 0.6) is 0 Å². The van der Waals surface area contributed by atoms with E-state index in [2.05, 4.69) is 33.9 Å². The van der Waals surface area contributed by atoms with Crippen molar-refractivity contribution in [3.63, 3.8) is 0 Å². The van der Waals surface area contributed by atoms with Crippen LogP contribution in [0.25, 0.3) is 0 Å². The monoisotopic (exact) mass is 526 g/mol. The smallest absolute Gasteiger partial charge is 0.324 e. The summed E-state index contributed by atoms with van der Waals surface area (Å²) in [6.07, 6.45) is 2.09. The molecule has 5 nitrogen and oxygen atoms in total. The fraction of sp³-hybridized carbons (Fsp3) is 0.500. The van der Waals surface area contributed by atoms with Crippen LogP contribution >= 0.6 is 23.2 Å². The van der Waals surface area contributed by atoms with E-state index in [-0.39, 0.29) is 12.6 Å². The van der Waals surface area contributed by atoms with Crippen molar-refractivity contribution < 1.29 is 13.7 Å². The van der Waals surface area contributed by atoms with E-state index >= 15 is 0 Å². The molecular weight excluding hydrogens is 491 g/mol. The van der Waals surface area contributed by atoms with Crippen LogP contribution in [0.2, 0.25) is 0 Å². The highest BCUT2D eigenvalue weighted by Gasteiger charge is 2.23. The number of carbonyl (C=O) groups excluding carboxylic acids is 1. The van der Waals surface area contributed by atoms with Crippen LogP contribution in [0.3, 0.4) is 0 Å². The van der Waals surface area contributed by atoms with E-state index in [1.807, 2.05) is 32.9 Å². The summed E-state index contributed by atoms with van der Waals surface area (Å²) < 4.78 is 21.4. The maximum Gasteiger partial charge on any atom is 0.324 e. The lowest BCUT2D eigenvalue weighted by Crippen LogP contribution is -2.39. The van der Waals surface area contributed by atoms with E-state index in [9.17, 15) is 9.00 Å². The standard InChI is InChI=1S/C26H36Cl2N2O3S/c1-5-33-26(31)24(29-34(32)25-20(3)17-19(2)18-21(25)4)8-6-7-22-9-11-23(12-10-22)30(15-13-27)16-14-28/h9-12,17-18,24,29H,5-8,13-16H2,1-4H3/t24-,34-/m0/s1. The van der Waals surface area contributed by atoms with Crippen LogP contribution in [0.4, 0.5) is 5.69 Å². The van der Waals surface area contributed by atoms with Gasteiger partial charge in [0.2, 0.25) is 0 Å². The Kier molecular flexibility index (Phi) is 12.4. The zero-order chi connectivity index (χ0) is 25.1. The molecule has 0 radical (unpaired) electrons. The summed E-state index contributed by atoms with van der Waals surface area (Å²) >= 11 is 11.8. The molecule has 2 rings (SSSR count). The van der Waals surface area contributed by atoms with Gasteiger partial charge in [-0.15, -0.1) is 23.2 Å². The molecule has 0 heterocycles. The number of hydrogen-bond donors (Lipinski definition) is 1. The number of alkyl halides is 2. The summed E-state index contributed by atoms with van der Waals surface area (Å²) in [6.45, 7) is 9.46. The molecule has 0 aliphatic carbocycles. The zero-order valence-corrected chi connectivity index (χ0v) is 22.9. The van der Waals surface area contributed by atoms with Crippen LogP contribution in [0.1, 0.15) is 42.0 Å². The molecule has 0 aromatic heterocycles. The topological polar surface area (TPSA) is 58.6 Å². The summed E-state index contributed by atoms with van der Waals surface area (Å²) in [6, 6.07) is 11.7. The SMILES string of the molecule is CCOC(=O)[C@H](CCCc1ccc(N(CCCl)CCCl)cc1)N[S@@](=O)c1c(C)cc(C)cc1C. The summed E-state index contributed by atoms with van der Waals surface area (Å²) in [4.78, 5) is 15.5. The predicted molar refractivity (Wildman–Crippen MR) is 144 cm³/mol. The molecule has 0 saturated heterocycles. The number of anilines is 1. The van der Waals surface area contributed by atoms with Crippen molar-refractivity contribution in [2.24, 2.45) is 0 Å². The Labute approximate surface area is 216 Å². The Morgan fingerprint density at radius 3 is 2.18 bits per heavy atom. The first-order valence-corrected chi connectivity index (χ1v) is 13.9. The second kappa shape index (κ2) is 14.7. The average Bonchev–Trinajstić information content (AvgIpc) is 2.78. The molecule has 0 aliphatic heterocycles. The van der Waals surface area contributed by atoms with Crippen molar-refractivity contribution in [1.29, 1.82) is 0 Å². The van der Waals surface area contributed by atoms with E-state index in [4.69, 9.17) is 27.9 Å². The minimum atomic E-state index is -1.51. The van der Waals surface area contributed by atoms with Gasteiger partial charge in [-0.05, 0) is 75.8 Å². The van der Waals surface area contributed by atoms with Crippen LogP contribution in [-0.4, -0.2) is 47.7 Å². The minimum absolute atomic E-state index is 0.287. The fourth-order valence-electron chi connectivity index (χ4n) is 4.07. The Hall–Kier alpha value is -1.60. The molecule has 0 unspecified atom stereocenters. The van der Waals surface area contributed by atoms with Gasteiger partial charge in [0.1, 0.15) is 17.0 Å². The van der Waals surface area contributed by atoms with Gasteiger partial charge in [-0.3, -0.25) is 4.79 Å².